The smallest absolute Gasteiger partial charge is 0.243 e. The Morgan fingerprint density at radius 3 is 2.03 bits per heavy atom. The summed E-state index contributed by atoms with van der Waals surface area (Å²) < 4.78 is 4.91. The van der Waals surface area contributed by atoms with Gasteiger partial charge in [-0.1, -0.05) is 42.5 Å². The van der Waals surface area contributed by atoms with Gasteiger partial charge < -0.3 is 31.3 Å². The monoisotopic (exact) mass is 523 g/mol. The quantitative estimate of drug-likeness (QED) is 0.209. The molecular weight excluding hydrogens is 493 g/mol. The third-order valence-corrected chi connectivity index (χ3v) is 4.98. The normalized spacial score (nSPS) is 10.9. The number of anilines is 1. The molecule has 2 aromatic rings. The van der Waals surface area contributed by atoms with E-state index in [1.807, 2.05) is 6.07 Å². The summed E-state index contributed by atoms with van der Waals surface area (Å²) in [5, 5.41) is 12.4. The van der Waals surface area contributed by atoms with Crippen LogP contribution in [0, 0.1) is 0 Å². The SMILES string of the molecule is BC(=O)OCc1ccc(NC(=O)CNC(=O)[C@H](Cc2ccccc2)NC(=O)CNC(=O)CNC(C)=O)cc1. The van der Waals surface area contributed by atoms with Gasteiger partial charge in [-0.05, 0) is 23.3 Å². The highest BCUT2D eigenvalue weighted by molar-refractivity contribution is 6.55. The van der Waals surface area contributed by atoms with Gasteiger partial charge in [0.2, 0.25) is 43.3 Å². The first-order valence-corrected chi connectivity index (χ1v) is 11.8. The van der Waals surface area contributed by atoms with Gasteiger partial charge in [-0.3, -0.25) is 28.8 Å². The van der Waals surface area contributed by atoms with Crippen LogP contribution in [0.5, 0.6) is 0 Å². The number of hydrogen-bond acceptors (Lipinski definition) is 7. The third kappa shape index (κ3) is 11.8. The summed E-state index contributed by atoms with van der Waals surface area (Å²) in [6.45, 7) is 0.359. The zero-order chi connectivity index (χ0) is 27.9. The maximum atomic E-state index is 12.8. The van der Waals surface area contributed by atoms with E-state index in [0.29, 0.717) is 5.69 Å². The van der Waals surface area contributed by atoms with E-state index in [-0.39, 0.29) is 32.0 Å². The van der Waals surface area contributed by atoms with Crippen molar-refractivity contribution >= 4 is 48.9 Å². The lowest BCUT2D eigenvalue weighted by molar-refractivity contribution is -0.130. The molecule has 0 aromatic heterocycles. The first kappa shape index (κ1) is 29.6. The van der Waals surface area contributed by atoms with E-state index in [4.69, 9.17) is 4.74 Å². The summed E-state index contributed by atoms with van der Waals surface area (Å²) in [5.41, 5.74) is 2.01. The van der Waals surface area contributed by atoms with Crippen LogP contribution in [-0.4, -0.2) is 68.9 Å². The van der Waals surface area contributed by atoms with Crippen molar-refractivity contribution in [2.24, 2.45) is 0 Å². The summed E-state index contributed by atoms with van der Waals surface area (Å²) in [6, 6.07) is 14.6. The molecule has 0 saturated carbocycles. The first-order chi connectivity index (χ1) is 18.1. The van der Waals surface area contributed by atoms with Gasteiger partial charge in [0.25, 0.3) is 0 Å². The Morgan fingerprint density at radius 2 is 1.39 bits per heavy atom. The average Bonchev–Trinajstić information content (AvgIpc) is 2.89. The van der Waals surface area contributed by atoms with Crippen LogP contribution in [0.3, 0.4) is 0 Å². The predicted octanol–water partition coefficient (Wildman–Crippen LogP) is -1.01. The van der Waals surface area contributed by atoms with Gasteiger partial charge in [0.1, 0.15) is 12.6 Å². The Hall–Kier alpha value is -4.68. The predicted molar refractivity (Wildman–Crippen MR) is 141 cm³/mol. The van der Waals surface area contributed by atoms with Crippen LogP contribution < -0.4 is 26.6 Å². The average molecular weight is 523 g/mol. The maximum absolute atomic E-state index is 12.8. The molecule has 38 heavy (non-hydrogen) atoms. The van der Waals surface area contributed by atoms with Gasteiger partial charge in [0.05, 0.1) is 19.6 Å². The summed E-state index contributed by atoms with van der Waals surface area (Å²) in [6.07, 6.45) is 0.156. The van der Waals surface area contributed by atoms with Crippen LogP contribution >= 0.6 is 0 Å². The number of rotatable bonds is 13. The van der Waals surface area contributed by atoms with Crippen molar-refractivity contribution in [3.8, 4) is 0 Å². The molecule has 200 valence electrons. The molecule has 1 atom stereocenters. The second-order valence-electron chi connectivity index (χ2n) is 8.24. The van der Waals surface area contributed by atoms with Gasteiger partial charge >= 0.3 is 0 Å². The largest absolute Gasteiger partial charge is 0.469 e. The summed E-state index contributed by atoms with van der Waals surface area (Å²) in [7, 11) is 1.31. The van der Waals surface area contributed by atoms with Crippen LogP contribution in [0.4, 0.5) is 10.5 Å². The molecule has 12 nitrogen and oxygen atoms in total. The lowest BCUT2D eigenvalue weighted by Crippen LogP contribution is -2.52. The van der Waals surface area contributed by atoms with Crippen molar-refractivity contribution in [2.45, 2.75) is 26.0 Å². The van der Waals surface area contributed by atoms with E-state index in [9.17, 15) is 28.8 Å². The molecule has 0 spiro atoms. The fourth-order valence-electron chi connectivity index (χ4n) is 3.12. The molecule has 13 heteroatoms. The summed E-state index contributed by atoms with van der Waals surface area (Å²) >= 11 is 0. The molecule has 0 aliphatic heterocycles. The van der Waals surface area contributed by atoms with E-state index < -0.39 is 42.1 Å². The molecule has 0 aliphatic carbocycles. The highest BCUT2D eigenvalue weighted by Crippen LogP contribution is 2.10. The molecule has 5 N–H and O–H groups in total. The Labute approximate surface area is 220 Å². The second kappa shape index (κ2) is 15.4. The van der Waals surface area contributed by atoms with E-state index in [2.05, 4.69) is 26.6 Å². The second-order valence-corrected chi connectivity index (χ2v) is 8.24. The summed E-state index contributed by atoms with van der Waals surface area (Å²) in [4.78, 5) is 71.1. The number of benzene rings is 2. The van der Waals surface area contributed by atoms with Crippen molar-refractivity contribution in [1.29, 1.82) is 0 Å². The molecule has 2 aromatic carbocycles. The van der Waals surface area contributed by atoms with E-state index in [0.717, 1.165) is 11.1 Å². The Bertz CT molecular complexity index is 1140. The molecule has 0 unspecified atom stereocenters. The van der Waals surface area contributed by atoms with Crippen molar-refractivity contribution in [1.82, 2.24) is 21.3 Å². The maximum Gasteiger partial charge on any atom is 0.243 e. The van der Waals surface area contributed by atoms with Crippen LogP contribution in [-0.2, 0) is 41.7 Å². The van der Waals surface area contributed by atoms with Crippen LogP contribution in [0.25, 0.3) is 0 Å². The van der Waals surface area contributed by atoms with Crippen LogP contribution in [0.2, 0.25) is 0 Å². The van der Waals surface area contributed by atoms with Gasteiger partial charge in [-0.15, -0.1) is 0 Å². The molecule has 0 saturated heterocycles. The molecule has 0 bridgehead atoms. The minimum absolute atomic E-state index is 0.118. The Morgan fingerprint density at radius 1 is 0.763 bits per heavy atom. The lowest BCUT2D eigenvalue weighted by atomic mass is 10.1. The van der Waals surface area contributed by atoms with Crippen molar-refractivity contribution in [3.05, 3.63) is 65.7 Å². The zero-order valence-electron chi connectivity index (χ0n) is 21.2. The molecule has 0 fully saturated rings. The number of ether oxygens (including phenoxy) is 1. The zero-order valence-corrected chi connectivity index (χ0v) is 21.2. The number of nitrogens with one attached hydrogen (secondary N) is 5. The fourth-order valence-corrected chi connectivity index (χ4v) is 3.12. The summed E-state index contributed by atoms with van der Waals surface area (Å²) in [5.74, 6) is -3.03. The van der Waals surface area contributed by atoms with Gasteiger partial charge in [0, 0.05) is 19.0 Å². The topological polar surface area (TPSA) is 172 Å². The standard InChI is InChI=1S/C25H30BN5O7/c1-16(32)27-12-21(33)28-13-23(35)31-20(11-17-5-3-2-4-6-17)24(36)29-14-22(34)30-19-9-7-18(8-10-19)15-38-25(26)37/h2-10,20H,11-15,26H2,1H3,(H,27,32)(H,28,33)(H,29,36)(H,30,34)(H,31,35)/t20-/m0/s1. The third-order valence-electron chi connectivity index (χ3n) is 4.98. The molecule has 0 aliphatic rings. The molecule has 0 heterocycles. The highest BCUT2D eigenvalue weighted by atomic mass is 16.5. The molecule has 2 rings (SSSR count). The molecule has 0 radical (unpaired) electrons. The Kier molecular flexibility index (Phi) is 12.0. The fraction of sp³-hybridized carbons (Fsp3) is 0.280. The van der Waals surface area contributed by atoms with Crippen molar-refractivity contribution in [3.63, 3.8) is 0 Å². The number of amides is 5. The van der Waals surface area contributed by atoms with Gasteiger partial charge in [-0.2, -0.15) is 0 Å². The Balaban J connectivity index is 1.90. The first-order valence-electron chi connectivity index (χ1n) is 11.8. The minimum atomic E-state index is -1.01. The number of hydrogen-bond donors (Lipinski definition) is 5. The number of carbonyl (C=O) groups is 6. The van der Waals surface area contributed by atoms with E-state index >= 15 is 0 Å². The van der Waals surface area contributed by atoms with Gasteiger partial charge in [-0.25, -0.2) is 0 Å². The van der Waals surface area contributed by atoms with Crippen LogP contribution in [0.1, 0.15) is 18.1 Å². The molecule has 5 amide bonds. The van der Waals surface area contributed by atoms with Crippen molar-refractivity contribution in [2.75, 3.05) is 25.0 Å². The highest BCUT2D eigenvalue weighted by Gasteiger charge is 2.22. The van der Waals surface area contributed by atoms with E-state index in [1.54, 1.807) is 48.5 Å². The lowest BCUT2D eigenvalue weighted by Gasteiger charge is -2.19. The number of carbonyl (C=O) groups excluding carboxylic acids is 6. The molecular formula is C25H30BN5O7. The van der Waals surface area contributed by atoms with Crippen molar-refractivity contribution < 1.29 is 33.5 Å². The van der Waals surface area contributed by atoms with Crippen LogP contribution in [0.15, 0.2) is 54.6 Å². The minimum Gasteiger partial charge on any atom is -0.469 e. The van der Waals surface area contributed by atoms with Gasteiger partial charge in [0.15, 0.2) is 0 Å². The van der Waals surface area contributed by atoms with E-state index in [1.165, 1.54) is 14.8 Å².